The van der Waals surface area contributed by atoms with Gasteiger partial charge in [0.05, 0.1) is 21.1 Å². The number of sulfonamides is 1. The summed E-state index contributed by atoms with van der Waals surface area (Å²) in [6, 6.07) is 18.9. The summed E-state index contributed by atoms with van der Waals surface area (Å²) < 4.78 is 40.8. The lowest BCUT2D eigenvalue weighted by Crippen LogP contribution is -2.49. The summed E-state index contributed by atoms with van der Waals surface area (Å²) in [6.45, 7) is 3.94. The maximum atomic E-state index is 14.3. The van der Waals surface area contributed by atoms with Crippen LogP contribution < -0.4 is 5.14 Å². The van der Waals surface area contributed by atoms with Crippen molar-refractivity contribution in [2.45, 2.75) is 80.3 Å². The number of rotatable bonds is 7. The predicted octanol–water partition coefficient (Wildman–Crippen LogP) is 6.87. The van der Waals surface area contributed by atoms with Crippen LogP contribution in [-0.4, -0.2) is 65.4 Å². The first kappa shape index (κ1) is 32.5. The van der Waals surface area contributed by atoms with E-state index in [1.54, 1.807) is 11.0 Å². The maximum Gasteiger partial charge on any atom is 0.253 e. The zero-order valence-electron chi connectivity index (χ0n) is 26.2. The van der Waals surface area contributed by atoms with Crippen LogP contribution in [-0.2, 0) is 15.4 Å². The Balaban J connectivity index is 1.09. The van der Waals surface area contributed by atoms with Gasteiger partial charge >= 0.3 is 0 Å². The van der Waals surface area contributed by atoms with Crippen LogP contribution in [0.1, 0.15) is 72.7 Å². The van der Waals surface area contributed by atoms with E-state index in [9.17, 15) is 17.6 Å². The number of hydrogen-bond donors (Lipinski definition) is 1. The topological polar surface area (TPSA) is 102 Å². The van der Waals surface area contributed by atoms with Crippen molar-refractivity contribution < 1.29 is 17.6 Å². The Morgan fingerprint density at radius 3 is 2.36 bits per heavy atom. The Hall–Kier alpha value is -3.02. The number of hydrogen-bond acceptors (Lipinski definition) is 5. The average molecular weight is 699 g/mol. The first-order valence-electron chi connectivity index (χ1n) is 16.2. The molecule has 248 valence electrons. The Bertz CT molecular complexity index is 1950. The standard InChI is InChI=1S/C35H38Cl2FN5O3S/c1-22-40-31-4-2-3-5-32(31)43(22)27-20-25-8-9-26(21-27)42(25)17-14-35(24-7-11-30(38)29(37)19-24)12-15-41(16-13-35)34(44)23-6-10-28(36)33(18-23)47(39,45)46/h2-7,10-11,18-19,25-27H,8-9,12-17,20-21H2,1H3,(H2,39,45,46)/t25-,26+,27+. The van der Waals surface area contributed by atoms with Gasteiger partial charge in [0.15, 0.2) is 0 Å². The molecule has 0 spiro atoms. The largest absolute Gasteiger partial charge is 0.339 e. The number of amides is 1. The molecule has 3 saturated heterocycles. The number of para-hydroxylation sites is 2. The van der Waals surface area contributed by atoms with Gasteiger partial charge in [-0.3, -0.25) is 9.69 Å². The lowest BCUT2D eigenvalue weighted by Gasteiger charge is -2.45. The van der Waals surface area contributed by atoms with E-state index in [1.165, 1.54) is 42.6 Å². The van der Waals surface area contributed by atoms with E-state index in [-0.39, 0.29) is 31.8 Å². The van der Waals surface area contributed by atoms with E-state index >= 15 is 0 Å². The number of benzene rings is 3. The molecule has 3 fully saturated rings. The fourth-order valence-corrected chi connectivity index (χ4v) is 9.73. The van der Waals surface area contributed by atoms with Gasteiger partial charge in [0.25, 0.3) is 5.91 Å². The highest BCUT2D eigenvalue weighted by Gasteiger charge is 2.44. The number of carbonyl (C=O) groups excluding carboxylic acids is 1. The second-order valence-corrected chi connectivity index (χ2v) is 15.8. The van der Waals surface area contributed by atoms with Gasteiger partial charge in [-0.25, -0.2) is 22.9 Å². The number of carbonyl (C=O) groups is 1. The van der Waals surface area contributed by atoms with Crippen LogP contribution in [0.4, 0.5) is 4.39 Å². The molecule has 3 aliphatic rings. The van der Waals surface area contributed by atoms with Crippen LogP contribution in [0.2, 0.25) is 10.0 Å². The van der Waals surface area contributed by atoms with E-state index in [4.69, 9.17) is 33.3 Å². The maximum absolute atomic E-state index is 14.3. The van der Waals surface area contributed by atoms with Crippen molar-refractivity contribution in [3.8, 4) is 0 Å². The highest BCUT2D eigenvalue weighted by Crippen LogP contribution is 2.45. The van der Waals surface area contributed by atoms with Crippen molar-refractivity contribution >= 4 is 50.2 Å². The molecule has 8 nitrogen and oxygen atoms in total. The molecule has 0 aliphatic carbocycles. The smallest absolute Gasteiger partial charge is 0.253 e. The van der Waals surface area contributed by atoms with Gasteiger partial charge in [-0.1, -0.05) is 41.4 Å². The summed E-state index contributed by atoms with van der Waals surface area (Å²) in [6.07, 6.45) is 6.70. The average Bonchev–Trinajstić information content (AvgIpc) is 3.51. The molecular weight excluding hydrogens is 660 g/mol. The van der Waals surface area contributed by atoms with Gasteiger partial charge < -0.3 is 9.47 Å². The van der Waals surface area contributed by atoms with E-state index in [0.717, 1.165) is 42.7 Å². The molecule has 3 aromatic carbocycles. The molecule has 12 heteroatoms. The molecule has 2 bridgehead atoms. The first-order chi connectivity index (χ1) is 22.4. The number of likely N-dealkylation sites (tertiary alicyclic amines) is 1. The number of imidazole rings is 1. The van der Waals surface area contributed by atoms with Crippen LogP contribution in [0.5, 0.6) is 0 Å². The Morgan fingerprint density at radius 2 is 1.68 bits per heavy atom. The lowest BCUT2D eigenvalue weighted by molar-refractivity contribution is 0.0606. The minimum absolute atomic E-state index is 0.0265. The van der Waals surface area contributed by atoms with Crippen molar-refractivity contribution in [1.29, 1.82) is 0 Å². The van der Waals surface area contributed by atoms with E-state index in [2.05, 4.69) is 34.6 Å². The van der Waals surface area contributed by atoms with E-state index < -0.39 is 15.8 Å². The SMILES string of the molecule is Cc1nc2ccccc2n1[C@H]1C[C@H]2CC[C@@H](C1)N2CCC1(c2ccc(F)c(Cl)c2)CCN(C(=O)c2ccc(Cl)c(S(N)(=O)=O)c2)CC1. The van der Waals surface area contributed by atoms with Gasteiger partial charge in [0, 0.05) is 36.8 Å². The molecule has 3 atom stereocenters. The molecule has 0 radical (unpaired) electrons. The molecule has 4 heterocycles. The third-order valence-corrected chi connectivity index (χ3v) is 12.6. The third kappa shape index (κ3) is 6.08. The Morgan fingerprint density at radius 1 is 0.979 bits per heavy atom. The lowest BCUT2D eigenvalue weighted by atomic mass is 9.70. The fraction of sp³-hybridized carbons (Fsp3) is 0.429. The van der Waals surface area contributed by atoms with Crippen molar-refractivity contribution in [3.63, 3.8) is 0 Å². The molecule has 0 saturated carbocycles. The summed E-state index contributed by atoms with van der Waals surface area (Å²) in [7, 11) is -4.09. The van der Waals surface area contributed by atoms with Gasteiger partial charge in [0.1, 0.15) is 16.5 Å². The van der Waals surface area contributed by atoms with Crippen molar-refractivity contribution in [2.24, 2.45) is 5.14 Å². The number of piperidine rings is 2. The molecule has 47 heavy (non-hydrogen) atoms. The summed E-state index contributed by atoms with van der Waals surface area (Å²) in [4.78, 5) is 22.5. The second-order valence-electron chi connectivity index (χ2n) is 13.4. The van der Waals surface area contributed by atoms with Crippen LogP contribution in [0.3, 0.4) is 0 Å². The highest BCUT2D eigenvalue weighted by molar-refractivity contribution is 7.89. The van der Waals surface area contributed by atoms with Gasteiger partial charge in [-0.2, -0.15) is 0 Å². The quantitative estimate of drug-likeness (QED) is 0.227. The molecule has 0 unspecified atom stereocenters. The molecule has 2 N–H and O–H groups in total. The summed E-state index contributed by atoms with van der Waals surface area (Å²) in [5.41, 5.74) is 3.16. The summed E-state index contributed by atoms with van der Waals surface area (Å²) in [5, 5.41) is 5.40. The Labute approximate surface area is 284 Å². The van der Waals surface area contributed by atoms with Gasteiger partial charge in [-0.15, -0.1) is 0 Å². The normalized spacial score (nSPS) is 23.0. The van der Waals surface area contributed by atoms with Crippen molar-refractivity contribution in [1.82, 2.24) is 19.4 Å². The zero-order valence-corrected chi connectivity index (χ0v) is 28.5. The summed E-state index contributed by atoms with van der Waals surface area (Å²) in [5.74, 6) is 0.339. The first-order valence-corrected chi connectivity index (χ1v) is 18.5. The molecule has 4 aromatic rings. The number of primary sulfonamides is 1. The van der Waals surface area contributed by atoms with Crippen LogP contribution in [0, 0.1) is 12.7 Å². The zero-order chi connectivity index (χ0) is 33.1. The number of fused-ring (bicyclic) bond motifs is 3. The molecule has 1 aromatic heterocycles. The predicted molar refractivity (Wildman–Crippen MR) is 182 cm³/mol. The summed E-state index contributed by atoms with van der Waals surface area (Å²) >= 11 is 12.4. The fourth-order valence-electron chi connectivity index (χ4n) is 8.47. The van der Waals surface area contributed by atoms with Crippen molar-refractivity contribution in [3.05, 3.63) is 93.5 Å². The van der Waals surface area contributed by atoms with Gasteiger partial charge in [-0.05, 0) is 112 Å². The molecule has 7 rings (SSSR count). The molecule has 1 amide bonds. The minimum atomic E-state index is -4.09. The van der Waals surface area contributed by atoms with Crippen LogP contribution in [0.15, 0.2) is 65.6 Å². The number of aromatic nitrogens is 2. The second kappa shape index (κ2) is 12.5. The molecule has 3 aliphatic heterocycles. The number of nitrogens with two attached hydrogens (primary N) is 1. The van der Waals surface area contributed by atoms with E-state index in [1.807, 2.05) is 12.1 Å². The monoisotopic (exact) mass is 697 g/mol. The van der Waals surface area contributed by atoms with Crippen molar-refractivity contribution in [2.75, 3.05) is 19.6 Å². The van der Waals surface area contributed by atoms with Gasteiger partial charge in [0.2, 0.25) is 10.0 Å². The van der Waals surface area contributed by atoms with E-state index in [0.29, 0.717) is 44.1 Å². The highest BCUT2D eigenvalue weighted by atomic mass is 35.5. The molecular formula is C35H38Cl2FN5O3S. The minimum Gasteiger partial charge on any atom is -0.339 e. The number of aryl methyl sites for hydroxylation is 1. The van der Waals surface area contributed by atoms with Crippen LogP contribution in [0.25, 0.3) is 11.0 Å². The Kier molecular flexibility index (Phi) is 8.62. The van der Waals surface area contributed by atoms with Crippen LogP contribution >= 0.6 is 23.2 Å². The number of halogens is 3. The number of nitrogens with zero attached hydrogens (tertiary/aromatic N) is 4. The third-order valence-electron chi connectivity index (χ3n) is 10.9.